The Morgan fingerprint density at radius 1 is 1.23 bits per heavy atom. The predicted molar refractivity (Wildman–Crippen MR) is 56.7 cm³/mol. The van der Waals surface area contributed by atoms with Crippen molar-refractivity contribution >= 4 is 23.5 Å². The van der Waals surface area contributed by atoms with E-state index in [1.807, 2.05) is 6.26 Å². The van der Waals surface area contributed by atoms with E-state index in [0.717, 1.165) is 10.6 Å². The molecule has 1 aromatic rings. The third-order valence-electron chi connectivity index (χ3n) is 1.69. The van der Waals surface area contributed by atoms with Crippen LogP contribution in [0.25, 0.3) is 0 Å². The molecule has 4 nitrogen and oxygen atoms in total. The fraction of sp³-hybridized carbons (Fsp3) is 0.500. The third kappa shape index (κ3) is 2.03. The topological polar surface area (TPSA) is 77.8 Å². The second-order valence-electron chi connectivity index (χ2n) is 3.04. The molecule has 0 fully saturated rings. The maximum Gasteiger partial charge on any atom is 0.222 e. The number of thioether (sulfide) groups is 1. The minimum atomic E-state index is 0.249. The van der Waals surface area contributed by atoms with E-state index in [0.29, 0.717) is 11.7 Å². The number of nitrogen functional groups attached to an aromatic ring is 2. The molecular formula is C8H14N4S. The van der Waals surface area contributed by atoms with Crippen LogP contribution in [0.3, 0.4) is 0 Å². The molecule has 0 aliphatic heterocycles. The summed E-state index contributed by atoms with van der Waals surface area (Å²) in [7, 11) is 0. The van der Waals surface area contributed by atoms with Gasteiger partial charge in [0.2, 0.25) is 5.95 Å². The van der Waals surface area contributed by atoms with Crippen molar-refractivity contribution in [1.82, 2.24) is 9.97 Å². The van der Waals surface area contributed by atoms with E-state index in [1.54, 1.807) is 11.8 Å². The highest BCUT2D eigenvalue weighted by molar-refractivity contribution is 7.98. The molecule has 1 rings (SSSR count). The fourth-order valence-electron chi connectivity index (χ4n) is 1.11. The van der Waals surface area contributed by atoms with E-state index < -0.39 is 0 Å². The molecule has 13 heavy (non-hydrogen) atoms. The Hall–Kier alpha value is -0.970. The largest absolute Gasteiger partial charge is 0.383 e. The number of hydrogen-bond donors (Lipinski definition) is 2. The summed E-state index contributed by atoms with van der Waals surface area (Å²) in [5.74, 6) is 1.04. The highest BCUT2D eigenvalue weighted by Gasteiger charge is 2.12. The molecule has 0 aliphatic rings. The van der Waals surface area contributed by atoms with Gasteiger partial charge in [0.1, 0.15) is 5.82 Å². The smallest absolute Gasteiger partial charge is 0.222 e. The molecule has 0 saturated heterocycles. The van der Waals surface area contributed by atoms with Gasteiger partial charge in [-0.2, -0.15) is 4.98 Å². The SMILES string of the molecule is CSc1c(N)nc(N)nc1C(C)C. The Balaban J connectivity index is 3.29. The average molecular weight is 198 g/mol. The van der Waals surface area contributed by atoms with Crippen molar-refractivity contribution < 1.29 is 0 Å². The molecule has 0 unspecified atom stereocenters. The molecule has 0 aromatic carbocycles. The summed E-state index contributed by atoms with van der Waals surface area (Å²) in [6.45, 7) is 4.11. The minimum absolute atomic E-state index is 0.249. The first-order chi connectivity index (χ1) is 6.06. The lowest BCUT2D eigenvalue weighted by Crippen LogP contribution is -2.07. The number of anilines is 2. The molecule has 0 saturated carbocycles. The van der Waals surface area contributed by atoms with Crippen LogP contribution in [-0.2, 0) is 0 Å². The number of aromatic nitrogens is 2. The molecule has 0 atom stereocenters. The van der Waals surface area contributed by atoms with Gasteiger partial charge in [-0.1, -0.05) is 13.8 Å². The summed E-state index contributed by atoms with van der Waals surface area (Å²) in [6, 6.07) is 0. The fourth-order valence-corrected chi connectivity index (χ4v) is 1.85. The lowest BCUT2D eigenvalue weighted by molar-refractivity contribution is 0.790. The maximum absolute atomic E-state index is 5.72. The Labute approximate surface area is 82.1 Å². The Morgan fingerprint density at radius 3 is 2.31 bits per heavy atom. The van der Waals surface area contributed by atoms with Crippen LogP contribution in [0.5, 0.6) is 0 Å². The molecule has 4 N–H and O–H groups in total. The second-order valence-corrected chi connectivity index (χ2v) is 3.86. The van der Waals surface area contributed by atoms with Crippen LogP contribution in [0, 0.1) is 0 Å². The molecule has 0 bridgehead atoms. The highest BCUT2D eigenvalue weighted by Crippen LogP contribution is 2.29. The van der Waals surface area contributed by atoms with Gasteiger partial charge in [0.05, 0.1) is 10.6 Å². The monoisotopic (exact) mass is 198 g/mol. The lowest BCUT2D eigenvalue weighted by Gasteiger charge is -2.11. The van der Waals surface area contributed by atoms with Crippen LogP contribution in [0.1, 0.15) is 25.5 Å². The van der Waals surface area contributed by atoms with E-state index in [1.165, 1.54) is 0 Å². The van der Waals surface area contributed by atoms with E-state index in [4.69, 9.17) is 11.5 Å². The lowest BCUT2D eigenvalue weighted by atomic mass is 10.1. The Kier molecular flexibility index (Phi) is 2.98. The van der Waals surface area contributed by atoms with E-state index in [9.17, 15) is 0 Å². The minimum Gasteiger partial charge on any atom is -0.383 e. The molecule has 72 valence electrons. The number of rotatable bonds is 2. The first-order valence-electron chi connectivity index (χ1n) is 4.03. The van der Waals surface area contributed by atoms with Gasteiger partial charge >= 0.3 is 0 Å². The molecule has 0 amide bonds. The first kappa shape index (κ1) is 10.1. The molecule has 0 spiro atoms. The van der Waals surface area contributed by atoms with Gasteiger partial charge in [0.25, 0.3) is 0 Å². The van der Waals surface area contributed by atoms with Crippen LogP contribution in [-0.4, -0.2) is 16.2 Å². The number of hydrogen-bond acceptors (Lipinski definition) is 5. The Morgan fingerprint density at radius 2 is 1.85 bits per heavy atom. The predicted octanol–water partition coefficient (Wildman–Crippen LogP) is 1.49. The molecule has 5 heteroatoms. The van der Waals surface area contributed by atoms with Crippen LogP contribution >= 0.6 is 11.8 Å². The zero-order valence-electron chi connectivity index (χ0n) is 8.03. The summed E-state index contributed by atoms with van der Waals surface area (Å²) >= 11 is 1.55. The van der Waals surface area contributed by atoms with Crippen molar-refractivity contribution in [3.63, 3.8) is 0 Å². The maximum atomic E-state index is 5.72. The zero-order valence-corrected chi connectivity index (χ0v) is 8.85. The number of nitrogens with two attached hydrogens (primary N) is 2. The van der Waals surface area contributed by atoms with E-state index in [2.05, 4.69) is 23.8 Å². The van der Waals surface area contributed by atoms with Gasteiger partial charge in [-0.3, -0.25) is 0 Å². The van der Waals surface area contributed by atoms with Gasteiger partial charge in [-0.25, -0.2) is 4.98 Å². The van der Waals surface area contributed by atoms with Crippen molar-refractivity contribution in [2.75, 3.05) is 17.7 Å². The standard InChI is InChI=1S/C8H14N4S/c1-4(2)5-6(13-3)7(9)12-8(10)11-5/h4H,1-3H3,(H4,9,10,11,12). The third-order valence-corrected chi connectivity index (χ3v) is 2.51. The molecule has 0 radical (unpaired) electrons. The van der Waals surface area contributed by atoms with Crippen LogP contribution < -0.4 is 11.5 Å². The van der Waals surface area contributed by atoms with Gasteiger partial charge < -0.3 is 11.5 Å². The van der Waals surface area contributed by atoms with Crippen molar-refractivity contribution in [2.45, 2.75) is 24.7 Å². The van der Waals surface area contributed by atoms with Crippen LogP contribution in [0.4, 0.5) is 11.8 Å². The summed E-state index contributed by atoms with van der Waals surface area (Å²) in [4.78, 5) is 9.02. The van der Waals surface area contributed by atoms with Gasteiger partial charge in [-0.05, 0) is 12.2 Å². The highest BCUT2D eigenvalue weighted by atomic mass is 32.2. The first-order valence-corrected chi connectivity index (χ1v) is 5.25. The molecular weight excluding hydrogens is 184 g/mol. The Bertz CT molecular complexity index is 311. The van der Waals surface area contributed by atoms with Gasteiger partial charge in [0, 0.05) is 0 Å². The summed E-state index contributed by atoms with van der Waals surface area (Å²) < 4.78 is 0. The molecule has 0 aliphatic carbocycles. The van der Waals surface area contributed by atoms with Crippen LogP contribution in [0.15, 0.2) is 4.90 Å². The zero-order chi connectivity index (χ0) is 10.0. The van der Waals surface area contributed by atoms with Crippen molar-refractivity contribution in [3.8, 4) is 0 Å². The van der Waals surface area contributed by atoms with Gasteiger partial charge in [0.15, 0.2) is 0 Å². The summed E-state index contributed by atoms with van der Waals surface area (Å²) in [5, 5.41) is 0. The quantitative estimate of drug-likeness (QED) is 0.704. The molecule has 1 aromatic heterocycles. The normalized spacial score (nSPS) is 10.8. The van der Waals surface area contributed by atoms with Crippen molar-refractivity contribution in [3.05, 3.63) is 5.69 Å². The summed E-state index contributed by atoms with van der Waals surface area (Å²) in [6.07, 6.45) is 1.96. The molecule has 1 heterocycles. The van der Waals surface area contributed by atoms with E-state index >= 15 is 0 Å². The number of nitrogens with zero attached hydrogens (tertiary/aromatic N) is 2. The van der Waals surface area contributed by atoms with Gasteiger partial charge in [-0.15, -0.1) is 11.8 Å². The van der Waals surface area contributed by atoms with Crippen molar-refractivity contribution in [1.29, 1.82) is 0 Å². The summed E-state index contributed by atoms with van der Waals surface area (Å²) in [5.41, 5.74) is 12.2. The second kappa shape index (κ2) is 3.83. The van der Waals surface area contributed by atoms with Crippen LogP contribution in [0.2, 0.25) is 0 Å². The van der Waals surface area contributed by atoms with Crippen molar-refractivity contribution in [2.24, 2.45) is 0 Å². The van der Waals surface area contributed by atoms with E-state index in [-0.39, 0.29) is 5.95 Å². The average Bonchev–Trinajstić information content (AvgIpc) is 2.02.